The minimum atomic E-state index is -3.19. The molecule has 1 aromatic rings. The monoisotopic (exact) mass is 412 g/mol. The Morgan fingerprint density at radius 3 is 2.25 bits per heavy atom. The fourth-order valence-electron chi connectivity index (χ4n) is 3.06. The van der Waals surface area contributed by atoms with Crippen LogP contribution < -0.4 is 14.8 Å². The van der Waals surface area contributed by atoms with Gasteiger partial charge in [0.1, 0.15) is 0 Å². The molecule has 0 radical (unpaired) electrons. The van der Waals surface area contributed by atoms with Crippen LogP contribution in [0.15, 0.2) is 18.2 Å². The van der Waals surface area contributed by atoms with Gasteiger partial charge in [0.15, 0.2) is 11.5 Å². The van der Waals surface area contributed by atoms with Gasteiger partial charge in [0.05, 0.1) is 19.0 Å². The Balaban J connectivity index is 1.99. The van der Waals surface area contributed by atoms with E-state index in [-0.39, 0.29) is 17.6 Å². The van der Waals surface area contributed by atoms with Gasteiger partial charge >= 0.3 is 0 Å². The summed E-state index contributed by atoms with van der Waals surface area (Å²) in [5.41, 5.74) is 0.656. The number of amides is 1. The topological polar surface area (TPSA) is 84.9 Å². The summed E-state index contributed by atoms with van der Waals surface area (Å²) in [5.74, 6) is 1.11. The maximum atomic E-state index is 12.6. The Bertz CT molecular complexity index is 743. The highest BCUT2D eigenvalue weighted by atomic mass is 32.2. The second-order valence-corrected chi connectivity index (χ2v) is 9.18. The lowest BCUT2D eigenvalue weighted by atomic mass is 9.97. The van der Waals surface area contributed by atoms with Crippen molar-refractivity contribution in [3.05, 3.63) is 18.2 Å². The summed E-state index contributed by atoms with van der Waals surface area (Å²) in [5, 5.41) is 2.94. The number of hydrogen-bond donors (Lipinski definition) is 1. The smallest absolute Gasteiger partial charge is 0.227 e. The SMILES string of the molecule is CCCOc1ccc(NC(=O)C2CCN(S(=O)(=O)CC)CC2)cc1OCCC. The zero-order chi connectivity index (χ0) is 20.6. The van der Waals surface area contributed by atoms with Crippen molar-refractivity contribution in [2.24, 2.45) is 5.92 Å². The Labute approximate surface area is 168 Å². The van der Waals surface area contributed by atoms with E-state index < -0.39 is 10.0 Å². The van der Waals surface area contributed by atoms with Gasteiger partial charge in [-0.1, -0.05) is 13.8 Å². The Morgan fingerprint density at radius 2 is 1.68 bits per heavy atom. The van der Waals surface area contributed by atoms with Gasteiger partial charge in [-0.05, 0) is 44.7 Å². The molecule has 0 aromatic heterocycles. The molecule has 2 rings (SSSR count). The molecule has 1 fully saturated rings. The van der Waals surface area contributed by atoms with E-state index in [1.54, 1.807) is 19.1 Å². The van der Waals surface area contributed by atoms with Crippen LogP contribution in [0.4, 0.5) is 5.69 Å². The van der Waals surface area contributed by atoms with Crippen molar-refractivity contribution in [2.45, 2.75) is 46.5 Å². The van der Waals surface area contributed by atoms with Crippen molar-refractivity contribution in [3.8, 4) is 11.5 Å². The maximum Gasteiger partial charge on any atom is 0.227 e. The highest BCUT2D eigenvalue weighted by Gasteiger charge is 2.30. The van der Waals surface area contributed by atoms with E-state index in [4.69, 9.17) is 9.47 Å². The minimum absolute atomic E-state index is 0.0859. The van der Waals surface area contributed by atoms with Crippen molar-refractivity contribution < 1.29 is 22.7 Å². The zero-order valence-corrected chi connectivity index (χ0v) is 17.9. The highest BCUT2D eigenvalue weighted by molar-refractivity contribution is 7.89. The highest BCUT2D eigenvalue weighted by Crippen LogP contribution is 2.31. The number of carbonyl (C=O) groups is 1. The molecule has 1 amide bonds. The van der Waals surface area contributed by atoms with Gasteiger partial charge < -0.3 is 14.8 Å². The van der Waals surface area contributed by atoms with E-state index in [9.17, 15) is 13.2 Å². The summed E-state index contributed by atoms with van der Waals surface area (Å²) in [6.07, 6.45) is 2.84. The lowest BCUT2D eigenvalue weighted by Gasteiger charge is -2.30. The molecule has 1 heterocycles. The fourth-order valence-corrected chi connectivity index (χ4v) is 4.20. The number of sulfonamides is 1. The standard InChI is InChI=1S/C20H32N2O5S/c1-4-13-26-18-8-7-17(15-19(18)27-14-5-2)21-20(23)16-9-11-22(12-10-16)28(24,25)6-3/h7-8,15-16H,4-6,9-14H2,1-3H3,(H,21,23). The first-order valence-corrected chi connectivity index (χ1v) is 11.7. The van der Waals surface area contributed by atoms with Gasteiger partial charge in [0, 0.05) is 30.8 Å². The summed E-state index contributed by atoms with van der Waals surface area (Å²) >= 11 is 0. The predicted octanol–water partition coefficient (Wildman–Crippen LogP) is 3.26. The van der Waals surface area contributed by atoms with E-state index in [2.05, 4.69) is 5.32 Å². The normalized spacial score (nSPS) is 16.0. The van der Waals surface area contributed by atoms with Gasteiger partial charge in [0.25, 0.3) is 0 Å². The molecule has 7 nitrogen and oxygen atoms in total. The van der Waals surface area contributed by atoms with Crippen molar-refractivity contribution in [2.75, 3.05) is 37.4 Å². The number of anilines is 1. The van der Waals surface area contributed by atoms with Crippen LogP contribution in [0.2, 0.25) is 0 Å². The van der Waals surface area contributed by atoms with Gasteiger partial charge in [-0.2, -0.15) is 0 Å². The van der Waals surface area contributed by atoms with Crippen LogP contribution >= 0.6 is 0 Å². The molecule has 0 spiro atoms. The van der Waals surface area contributed by atoms with Crippen LogP contribution in [0, 0.1) is 5.92 Å². The first-order chi connectivity index (χ1) is 13.4. The molecule has 1 aliphatic heterocycles. The number of hydrogen-bond acceptors (Lipinski definition) is 5. The predicted molar refractivity (Wildman–Crippen MR) is 110 cm³/mol. The molecule has 1 aromatic carbocycles. The Morgan fingerprint density at radius 1 is 1.07 bits per heavy atom. The van der Waals surface area contributed by atoms with Gasteiger partial charge in [-0.15, -0.1) is 0 Å². The van der Waals surface area contributed by atoms with Crippen LogP contribution in [0.25, 0.3) is 0 Å². The van der Waals surface area contributed by atoms with Crippen LogP contribution in [0.3, 0.4) is 0 Å². The largest absolute Gasteiger partial charge is 0.490 e. The van der Waals surface area contributed by atoms with Crippen molar-refractivity contribution in [3.63, 3.8) is 0 Å². The van der Waals surface area contributed by atoms with Crippen LogP contribution in [-0.4, -0.2) is 50.7 Å². The average molecular weight is 413 g/mol. The molecular weight excluding hydrogens is 380 g/mol. The second-order valence-electron chi connectivity index (χ2n) is 6.92. The molecule has 1 aliphatic rings. The van der Waals surface area contributed by atoms with Crippen LogP contribution in [-0.2, 0) is 14.8 Å². The van der Waals surface area contributed by atoms with Crippen molar-refractivity contribution in [1.29, 1.82) is 0 Å². The molecule has 1 saturated heterocycles. The van der Waals surface area contributed by atoms with Gasteiger partial charge in [-0.25, -0.2) is 12.7 Å². The molecule has 158 valence electrons. The number of benzene rings is 1. The summed E-state index contributed by atoms with van der Waals surface area (Å²) < 4.78 is 36.9. The molecule has 0 unspecified atom stereocenters. The van der Waals surface area contributed by atoms with E-state index >= 15 is 0 Å². The quantitative estimate of drug-likeness (QED) is 0.638. The molecule has 0 bridgehead atoms. The molecule has 1 N–H and O–H groups in total. The lowest BCUT2D eigenvalue weighted by molar-refractivity contribution is -0.120. The molecule has 28 heavy (non-hydrogen) atoms. The summed E-state index contributed by atoms with van der Waals surface area (Å²) in [4.78, 5) is 12.6. The minimum Gasteiger partial charge on any atom is -0.490 e. The van der Waals surface area contributed by atoms with Gasteiger partial charge in [0.2, 0.25) is 15.9 Å². The van der Waals surface area contributed by atoms with Gasteiger partial charge in [-0.3, -0.25) is 4.79 Å². The number of carbonyl (C=O) groups excluding carboxylic acids is 1. The molecule has 0 aliphatic carbocycles. The molecule has 0 saturated carbocycles. The third-order valence-electron chi connectivity index (χ3n) is 4.72. The fraction of sp³-hybridized carbons (Fsp3) is 0.650. The maximum absolute atomic E-state index is 12.6. The Hall–Kier alpha value is -1.80. The van der Waals surface area contributed by atoms with Crippen LogP contribution in [0.1, 0.15) is 46.5 Å². The molecule has 8 heteroatoms. The summed E-state index contributed by atoms with van der Waals surface area (Å²) in [7, 11) is -3.19. The first-order valence-electron chi connectivity index (χ1n) is 10.1. The number of ether oxygens (including phenoxy) is 2. The summed E-state index contributed by atoms with van der Waals surface area (Å²) in [6.45, 7) is 7.67. The third kappa shape index (κ3) is 6.10. The van der Waals surface area contributed by atoms with E-state index in [0.29, 0.717) is 56.3 Å². The number of piperidine rings is 1. The first kappa shape index (κ1) is 22.5. The number of nitrogens with zero attached hydrogens (tertiary/aromatic N) is 1. The third-order valence-corrected chi connectivity index (χ3v) is 6.60. The average Bonchev–Trinajstić information content (AvgIpc) is 2.71. The Kier molecular flexibility index (Phi) is 8.57. The van der Waals surface area contributed by atoms with E-state index in [1.807, 2.05) is 19.9 Å². The molecular formula is C20H32N2O5S. The van der Waals surface area contributed by atoms with Crippen molar-refractivity contribution in [1.82, 2.24) is 4.31 Å². The molecule has 0 atom stereocenters. The van der Waals surface area contributed by atoms with E-state index in [1.165, 1.54) is 4.31 Å². The van der Waals surface area contributed by atoms with E-state index in [0.717, 1.165) is 12.8 Å². The van der Waals surface area contributed by atoms with Crippen LogP contribution in [0.5, 0.6) is 11.5 Å². The number of rotatable bonds is 10. The second kappa shape index (κ2) is 10.7. The van der Waals surface area contributed by atoms with Crippen molar-refractivity contribution >= 4 is 21.6 Å². The number of nitrogens with one attached hydrogen (secondary N) is 1. The zero-order valence-electron chi connectivity index (χ0n) is 17.1. The summed E-state index contributed by atoms with van der Waals surface area (Å²) in [6, 6.07) is 5.40. The lowest BCUT2D eigenvalue weighted by Crippen LogP contribution is -2.42.